The van der Waals surface area contributed by atoms with E-state index in [9.17, 15) is 9.59 Å². The van der Waals surface area contributed by atoms with Crippen LogP contribution in [-0.4, -0.2) is 34.7 Å². The lowest BCUT2D eigenvalue weighted by molar-refractivity contribution is -0.121. The van der Waals surface area contributed by atoms with Gasteiger partial charge in [0.1, 0.15) is 11.6 Å². The Morgan fingerprint density at radius 3 is 2.45 bits per heavy atom. The van der Waals surface area contributed by atoms with E-state index in [4.69, 9.17) is 4.74 Å². The summed E-state index contributed by atoms with van der Waals surface area (Å²) < 4.78 is 5.22. The average Bonchev–Trinajstić information content (AvgIpc) is 2.86. The van der Waals surface area contributed by atoms with Gasteiger partial charge in [0, 0.05) is 17.6 Å². The van der Waals surface area contributed by atoms with E-state index in [2.05, 4.69) is 10.3 Å². The zero-order valence-electron chi connectivity index (χ0n) is 14.0. The minimum atomic E-state index is -0.638. The lowest BCUT2D eigenvalue weighted by atomic mass is 10.1. The standard InChI is InChI=1S/C15H25N3O3S/c1-7-11(17-14(20)21-15(4,5)6)12(19)18(10(2)3)13-16-8-9-22-13/h8-11H,7H2,1-6H3,(H,17,20). The first kappa shape index (κ1) is 18.4. The lowest BCUT2D eigenvalue weighted by Gasteiger charge is -2.29. The predicted octanol–water partition coefficient (Wildman–Crippen LogP) is 3.19. The second kappa shape index (κ2) is 7.58. The molecule has 0 aromatic carbocycles. The fraction of sp³-hybridized carbons (Fsp3) is 0.667. The van der Waals surface area contributed by atoms with E-state index in [1.807, 2.05) is 26.2 Å². The smallest absolute Gasteiger partial charge is 0.408 e. The first-order valence-corrected chi connectivity index (χ1v) is 8.25. The molecule has 1 heterocycles. The molecule has 1 unspecified atom stereocenters. The van der Waals surface area contributed by atoms with E-state index in [0.717, 1.165) is 0 Å². The number of carbonyl (C=O) groups is 2. The number of alkyl carbamates (subject to hydrolysis) is 1. The highest BCUT2D eigenvalue weighted by molar-refractivity contribution is 7.13. The molecule has 124 valence electrons. The Kier molecular flexibility index (Phi) is 6.34. The van der Waals surface area contributed by atoms with Crippen molar-refractivity contribution in [1.29, 1.82) is 0 Å². The minimum Gasteiger partial charge on any atom is -0.444 e. The molecule has 1 N–H and O–H groups in total. The average molecular weight is 327 g/mol. The molecule has 0 fully saturated rings. The van der Waals surface area contributed by atoms with Crippen LogP contribution in [0.2, 0.25) is 0 Å². The van der Waals surface area contributed by atoms with Gasteiger partial charge in [0.25, 0.3) is 5.91 Å². The second-order valence-electron chi connectivity index (χ2n) is 6.22. The number of hydrogen-bond donors (Lipinski definition) is 1. The number of amides is 2. The number of ether oxygens (including phenoxy) is 1. The number of anilines is 1. The summed E-state index contributed by atoms with van der Waals surface area (Å²) in [7, 11) is 0. The van der Waals surface area contributed by atoms with E-state index < -0.39 is 17.7 Å². The van der Waals surface area contributed by atoms with Crippen LogP contribution in [0, 0.1) is 0 Å². The molecule has 1 aromatic rings. The van der Waals surface area contributed by atoms with E-state index in [-0.39, 0.29) is 11.9 Å². The fourth-order valence-corrected chi connectivity index (χ4v) is 2.64. The molecular weight excluding hydrogens is 302 g/mol. The molecule has 7 heteroatoms. The Morgan fingerprint density at radius 2 is 2.05 bits per heavy atom. The Morgan fingerprint density at radius 1 is 1.41 bits per heavy atom. The van der Waals surface area contributed by atoms with Gasteiger partial charge in [0.2, 0.25) is 0 Å². The Labute approximate surface area is 135 Å². The molecular formula is C15H25N3O3S. The molecule has 0 bridgehead atoms. The summed E-state index contributed by atoms with van der Waals surface area (Å²) in [6, 6.07) is -0.686. The largest absolute Gasteiger partial charge is 0.444 e. The molecule has 6 nitrogen and oxygen atoms in total. The number of nitrogens with zero attached hydrogens (tertiary/aromatic N) is 2. The van der Waals surface area contributed by atoms with E-state index in [1.165, 1.54) is 11.3 Å². The molecule has 1 atom stereocenters. The molecule has 1 aromatic heterocycles. The van der Waals surface area contributed by atoms with Crippen molar-refractivity contribution in [3.63, 3.8) is 0 Å². The summed E-state index contributed by atoms with van der Waals surface area (Å²) in [5, 5.41) is 5.09. The number of hydrogen-bond acceptors (Lipinski definition) is 5. The molecule has 0 aliphatic rings. The Bertz CT molecular complexity index is 495. The van der Waals surface area contributed by atoms with Crippen LogP contribution in [0.4, 0.5) is 9.93 Å². The van der Waals surface area contributed by atoms with Crippen LogP contribution in [0.5, 0.6) is 0 Å². The SMILES string of the molecule is CCC(NC(=O)OC(C)(C)C)C(=O)N(c1nccs1)C(C)C. The monoisotopic (exact) mass is 327 g/mol. The van der Waals surface area contributed by atoms with Crippen molar-refractivity contribution in [2.24, 2.45) is 0 Å². The Hall–Kier alpha value is -1.63. The molecule has 0 saturated heterocycles. The third kappa shape index (κ3) is 5.29. The van der Waals surface area contributed by atoms with Crippen LogP contribution in [0.3, 0.4) is 0 Å². The van der Waals surface area contributed by atoms with Crippen LogP contribution >= 0.6 is 11.3 Å². The van der Waals surface area contributed by atoms with Crippen LogP contribution < -0.4 is 10.2 Å². The van der Waals surface area contributed by atoms with Gasteiger partial charge >= 0.3 is 6.09 Å². The van der Waals surface area contributed by atoms with Gasteiger partial charge in [-0.25, -0.2) is 9.78 Å². The van der Waals surface area contributed by atoms with Gasteiger partial charge in [-0.1, -0.05) is 6.92 Å². The summed E-state index contributed by atoms with van der Waals surface area (Å²) in [6.45, 7) is 11.0. The van der Waals surface area contributed by atoms with Crippen molar-refractivity contribution in [3.8, 4) is 0 Å². The molecule has 22 heavy (non-hydrogen) atoms. The van der Waals surface area contributed by atoms with Gasteiger partial charge in [-0.3, -0.25) is 9.69 Å². The van der Waals surface area contributed by atoms with E-state index in [0.29, 0.717) is 11.6 Å². The predicted molar refractivity (Wildman–Crippen MR) is 88.2 cm³/mol. The molecule has 1 rings (SSSR count). The minimum absolute atomic E-state index is 0.0480. The maximum atomic E-state index is 12.7. The van der Waals surface area contributed by atoms with Crippen molar-refractivity contribution < 1.29 is 14.3 Å². The van der Waals surface area contributed by atoms with Gasteiger partial charge in [0.05, 0.1) is 0 Å². The maximum absolute atomic E-state index is 12.7. The molecule has 0 aliphatic heterocycles. The third-order valence-corrected chi connectivity index (χ3v) is 3.55. The highest BCUT2D eigenvalue weighted by atomic mass is 32.1. The first-order chi connectivity index (χ1) is 10.2. The molecule has 0 aliphatic carbocycles. The van der Waals surface area contributed by atoms with Gasteiger partial charge in [0.15, 0.2) is 5.13 Å². The zero-order chi connectivity index (χ0) is 16.9. The van der Waals surface area contributed by atoms with Gasteiger partial charge < -0.3 is 10.1 Å². The van der Waals surface area contributed by atoms with Gasteiger partial charge in [-0.15, -0.1) is 11.3 Å². The quantitative estimate of drug-likeness (QED) is 0.901. The highest BCUT2D eigenvalue weighted by Gasteiger charge is 2.30. The van der Waals surface area contributed by atoms with Crippen molar-refractivity contribution in [1.82, 2.24) is 10.3 Å². The van der Waals surface area contributed by atoms with E-state index in [1.54, 1.807) is 31.9 Å². The second-order valence-corrected chi connectivity index (χ2v) is 7.10. The summed E-state index contributed by atoms with van der Waals surface area (Å²) in [5.74, 6) is -0.182. The summed E-state index contributed by atoms with van der Waals surface area (Å²) in [5.41, 5.74) is -0.599. The molecule has 0 saturated carbocycles. The Balaban J connectivity index is 2.84. The number of aromatic nitrogens is 1. The number of nitrogens with one attached hydrogen (secondary N) is 1. The first-order valence-electron chi connectivity index (χ1n) is 7.37. The third-order valence-electron chi connectivity index (χ3n) is 2.78. The van der Waals surface area contributed by atoms with Crippen LogP contribution in [0.1, 0.15) is 48.0 Å². The zero-order valence-corrected chi connectivity index (χ0v) is 14.9. The van der Waals surface area contributed by atoms with Crippen LogP contribution in [0.25, 0.3) is 0 Å². The van der Waals surface area contributed by atoms with Crippen molar-refractivity contribution in [2.45, 2.75) is 65.6 Å². The fourth-order valence-electron chi connectivity index (χ4n) is 1.86. The summed E-state index contributed by atoms with van der Waals surface area (Å²) >= 11 is 1.39. The normalized spacial score (nSPS) is 12.9. The van der Waals surface area contributed by atoms with E-state index >= 15 is 0 Å². The van der Waals surface area contributed by atoms with Crippen molar-refractivity contribution in [2.75, 3.05) is 4.90 Å². The van der Waals surface area contributed by atoms with Crippen molar-refractivity contribution >= 4 is 28.5 Å². The lowest BCUT2D eigenvalue weighted by Crippen LogP contribution is -2.51. The number of rotatable bonds is 5. The van der Waals surface area contributed by atoms with Gasteiger partial charge in [-0.05, 0) is 41.0 Å². The highest BCUT2D eigenvalue weighted by Crippen LogP contribution is 2.21. The van der Waals surface area contributed by atoms with Gasteiger partial charge in [-0.2, -0.15) is 0 Å². The number of carbonyl (C=O) groups excluding carboxylic acids is 2. The maximum Gasteiger partial charge on any atom is 0.408 e. The number of thiazole rings is 1. The van der Waals surface area contributed by atoms with Crippen LogP contribution in [0.15, 0.2) is 11.6 Å². The molecule has 0 spiro atoms. The summed E-state index contributed by atoms with van der Waals surface area (Å²) in [4.78, 5) is 30.4. The van der Waals surface area contributed by atoms with Crippen LogP contribution in [-0.2, 0) is 9.53 Å². The topological polar surface area (TPSA) is 71.5 Å². The summed E-state index contributed by atoms with van der Waals surface area (Å²) in [6.07, 6.45) is 1.55. The molecule has 2 amide bonds. The van der Waals surface area contributed by atoms with Crippen molar-refractivity contribution in [3.05, 3.63) is 11.6 Å². The molecule has 0 radical (unpaired) electrons.